The highest BCUT2D eigenvalue weighted by molar-refractivity contribution is 8.13. The third-order valence-electron chi connectivity index (χ3n) is 4.32. The molecule has 3 rings (SSSR count). The standard InChI is InChI=1S/C19H22FN3O2S/c1-24-6-5-15-9-17(23-19(21)26-2)16-8-12(3-4-18(16)25-15)13-7-14(20)11-22-10-13/h3-4,7-8,10-11,15,17H,5-6,9H2,1-2H3,(H2,21,23)/t15?,17-/m1/s1. The van der Waals surface area contributed by atoms with E-state index in [2.05, 4.69) is 9.98 Å². The first kappa shape index (κ1) is 18.7. The van der Waals surface area contributed by atoms with Gasteiger partial charge in [-0.1, -0.05) is 17.8 Å². The molecule has 0 saturated heterocycles. The minimum Gasteiger partial charge on any atom is -0.490 e. The number of nitrogens with zero attached hydrogens (tertiary/aromatic N) is 2. The quantitative estimate of drug-likeness (QED) is 0.636. The van der Waals surface area contributed by atoms with Crippen molar-refractivity contribution in [3.8, 4) is 16.9 Å². The number of amidine groups is 1. The van der Waals surface area contributed by atoms with Crippen molar-refractivity contribution in [2.24, 2.45) is 10.7 Å². The number of fused-ring (bicyclic) bond motifs is 1. The molecule has 0 radical (unpaired) electrons. The zero-order valence-electron chi connectivity index (χ0n) is 14.8. The molecule has 2 heterocycles. The van der Waals surface area contributed by atoms with Crippen LogP contribution in [0.5, 0.6) is 5.75 Å². The van der Waals surface area contributed by atoms with E-state index in [1.807, 2.05) is 24.5 Å². The molecule has 0 bridgehead atoms. The van der Waals surface area contributed by atoms with E-state index in [1.54, 1.807) is 13.3 Å². The second-order valence-electron chi connectivity index (χ2n) is 6.09. The number of rotatable bonds is 5. The number of pyridine rings is 1. The Bertz CT molecular complexity index is 800. The molecule has 1 aromatic carbocycles. The summed E-state index contributed by atoms with van der Waals surface area (Å²) in [6.45, 7) is 0.626. The number of aromatic nitrogens is 1. The largest absolute Gasteiger partial charge is 0.490 e. The van der Waals surface area contributed by atoms with E-state index in [-0.39, 0.29) is 18.0 Å². The molecule has 2 atom stereocenters. The van der Waals surface area contributed by atoms with Crippen molar-refractivity contribution in [3.05, 3.63) is 48.0 Å². The normalized spacial score (nSPS) is 19.7. The summed E-state index contributed by atoms with van der Waals surface area (Å²) in [5.41, 5.74) is 8.51. The molecule has 138 valence electrons. The lowest BCUT2D eigenvalue weighted by Gasteiger charge is -2.31. The first-order valence-corrected chi connectivity index (χ1v) is 9.61. The van der Waals surface area contributed by atoms with E-state index >= 15 is 0 Å². The zero-order chi connectivity index (χ0) is 18.5. The monoisotopic (exact) mass is 375 g/mol. The summed E-state index contributed by atoms with van der Waals surface area (Å²) in [7, 11) is 1.68. The van der Waals surface area contributed by atoms with E-state index in [0.717, 1.165) is 35.3 Å². The van der Waals surface area contributed by atoms with Crippen LogP contribution >= 0.6 is 11.8 Å². The molecule has 0 saturated carbocycles. The predicted molar refractivity (Wildman–Crippen MR) is 103 cm³/mol. The molecule has 7 heteroatoms. The number of hydrogen-bond acceptors (Lipinski definition) is 5. The Morgan fingerprint density at radius 1 is 1.38 bits per heavy atom. The fourth-order valence-corrected chi connectivity index (χ4v) is 3.26. The van der Waals surface area contributed by atoms with Gasteiger partial charge in [0.05, 0.1) is 12.2 Å². The summed E-state index contributed by atoms with van der Waals surface area (Å²) in [4.78, 5) is 8.58. The summed E-state index contributed by atoms with van der Waals surface area (Å²) in [6, 6.07) is 7.17. The molecule has 2 N–H and O–H groups in total. The lowest BCUT2D eigenvalue weighted by Crippen LogP contribution is -2.27. The number of methoxy groups -OCH3 is 1. The first-order chi connectivity index (χ1) is 12.6. The zero-order valence-corrected chi connectivity index (χ0v) is 15.6. The SMILES string of the molecule is COCCC1C[C@@H](N=C(N)SC)c2cc(-c3cncc(F)c3)ccc2O1. The highest BCUT2D eigenvalue weighted by Crippen LogP contribution is 2.40. The second kappa shape index (κ2) is 8.51. The van der Waals surface area contributed by atoms with Crippen molar-refractivity contribution in [2.45, 2.75) is 25.0 Å². The molecule has 1 unspecified atom stereocenters. The molecule has 0 fully saturated rings. The van der Waals surface area contributed by atoms with Crippen molar-refractivity contribution >= 4 is 16.9 Å². The Hall–Kier alpha value is -2.12. The van der Waals surface area contributed by atoms with Crippen LogP contribution in [0.4, 0.5) is 4.39 Å². The van der Waals surface area contributed by atoms with Crippen LogP contribution in [-0.4, -0.2) is 36.2 Å². The summed E-state index contributed by atoms with van der Waals surface area (Å²) in [6.07, 6.45) is 6.27. The highest BCUT2D eigenvalue weighted by atomic mass is 32.2. The lowest BCUT2D eigenvalue weighted by molar-refractivity contribution is 0.104. The fourth-order valence-electron chi connectivity index (χ4n) is 3.02. The minimum absolute atomic E-state index is 0.0209. The maximum atomic E-state index is 13.5. The van der Waals surface area contributed by atoms with Crippen LogP contribution in [0.3, 0.4) is 0 Å². The van der Waals surface area contributed by atoms with Gasteiger partial charge in [-0.3, -0.25) is 9.98 Å². The van der Waals surface area contributed by atoms with E-state index in [9.17, 15) is 4.39 Å². The van der Waals surface area contributed by atoms with Crippen LogP contribution in [0.25, 0.3) is 11.1 Å². The fraction of sp³-hybridized carbons (Fsp3) is 0.368. The average Bonchev–Trinajstić information content (AvgIpc) is 2.66. The third-order valence-corrected chi connectivity index (χ3v) is 4.85. The molecule has 1 aliphatic heterocycles. The van der Waals surface area contributed by atoms with Crippen LogP contribution in [0.15, 0.2) is 41.7 Å². The van der Waals surface area contributed by atoms with E-state index in [0.29, 0.717) is 11.8 Å². The number of thioether (sulfide) groups is 1. The maximum absolute atomic E-state index is 13.5. The van der Waals surface area contributed by atoms with Gasteiger partial charge in [0.1, 0.15) is 17.7 Å². The molecule has 1 aromatic heterocycles. The van der Waals surface area contributed by atoms with E-state index in [1.165, 1.54) is 24.0 Å². The van der Waals surface area contributed by atoms with Crippen LogP contribution in [-0.2, 0) is 4.74 Å². The van der Waals surface area contributed by atoms with Gasteiger partial charge in [0, 0.05) is 43.9 Å². The van der Waals surface area contributed by atoms with Crippen molar-refractivity contribution in [1.82, 2.24) is 4.98 Å². The molecule has 26 heavy (non-hydrogen) atoms. The van der Waals surface area contributed by atoms with Gasteiger partial charge in [-0.25, -0.2) is 4.39 Å². The molecule has 5 nitrogen and oxygen atoms in total. The van der Waals surface area contributed by atoms with Crippen molar-refractivity contribution in [2.75, 3.05) is 20.0 Å². The topological polar surface area (TPSA) is 69.7 Å². The Morgan fingerprint density at radius 2 is 2.23 bits per heavy atom. The van der Waals surface area contributed by atoms with Gasteiger partial charge < -0.3 is 15.2 Å². The van der Waals surface area contributed by atoms with Gasteiger partial charge in [-0.2, -0.15) is 0 Å². The second-order valence-corrected chi connectivity index (χ2v) is 6.92. The molecular weight excluding hydrogens is 353 g/mol. The predicted octanol–water partition coefficient (Wildman–Crippen LogP) is 3.79. The first-order valence-electron chi connectivity index (χ1n) is 8.38. The number of hydrogen-bond donors (Lipinski definition) is 1. The highest BCUT2D eigenvalue weighted by Gasteiger charge is 2.28. The summed E-state index contributed by atoms with van der Waals surface area (Å²) >= 11 is 1.42. The Kier molecular flexibility index (Phi) is 6.11. The number of ether oxygens (including phenoxy) is 2. The van der Waals surface area contributed by atoms with Crippen molar-refractivity contribution in [3.63, 3.8) is 0 Å². The molecule has 0 spiro atoms. The van der Waals surface area contributed by atoms with Crippen LogP contribution < -0.4 is 10.5 Å². The maximum Gasteiger partial charge on any atom is 0.154 e. The van der Waals surface area contributed by atoms with Crippen molar-refractivity contribution in [1.29, 1.82) is 0 Å². The summed E-state index contributed by atoms with van der Waals surface area (Å²) in [5, 5.41) is 0.533. The summed E-state index contributed by atoms with van der Waals surface area (Å²) in [5.74, 6) is 0.422. The van der Waals surface area contributed by atoms with Crippen LogP contribution in [0.1, 0.15) is 24.4 Å². The Balaban J connectivity index is 1.97. The number of halogens is 1. The smallest absolute Gasteiger partial charge is 0.154 e. The molecular formula is C19H22FN3O2S. The van der Waals surface area contributed by atoms with Gasteiger partial charge in [-0.15, -0.1) is 0 Å². The summed E-state index contributed by atoms with van der Waals surface area (Å²) < 4.78 is 24.8. The van der Waals surface area contributed by atoms with Gasteiger partial charge in [0.2, 0.25) is 0 Å². The van der Waals surface area contributed by atoms with Crippen LogP contribution in [0.2, 0.25) is 0 Å². The van der Waals surface area contributed by atoms with Gasteiger partial charge in [-0.05, 0) is 30.0 Å². The Morgan fingerprint density at radius 3 is 2.96 bits per heavy atom. The Labute approximate surface area is 156 Å². The number of benzene rings is 1. The number of aliphatic imine (C=N–C) groups is 1. The van der Waals surface area contributed by atoms with E-state index < -0.39 is 0 Å². The minimum atomic E-state index is -0.364. The van der Waals surface area contributed by atoms with Gasteiger partial charge in [0.15, 0.2) is 5.17 Å². The molecule has 2 aromatic rings. The average molecular weight is 375 g/mol. The van der Waals surface area contributed by atoms with Crippen molar-refractivity contribution < 1.29 is 13.9 Å². The molecule has 0 amide bonds. The van der Waals surface area contributed by atoms with Crippen LogP contribution in [0, 0.1) is 5.82 Å². The third kappa shape index (κ3) is 4.34. The van der Waals surface area contributed by atoms with Gasteiger partial charge in [0.25, 0.3) is 0 Å². The molecule has 1 aliphatic rings. The van der Waals surface area contributed by atoms with Gasteiger partial charge >= 0.3 is 0 Å². The lowest BCUT2D eigenvalue weighted by atomic mass is 9.93. The number of nitrogens with two attached hydrogens (primary N) is 1. The van der Waals surface area contributed by atoms with E-state index in [4.69, 9.17) is 15.2 Å². The molecule has 0 aliphatic carbocycles.